The SMILES string of the molecule is Cc1ccc(C(=NNC(=O)c2cccc(O)c2)c2ccccc2)cc1. The van der Waals surface area contributed by atoms with Crippen molar-refractivity contribution in [3.63, 3.8) is 0 Å². The van der Waals surface area contributed by atoms with E-state index in [4.69, 9.17) is 0 Å². The summed E-state index contributed by atoms with van der Waals surface area (Å²) in [5, 5.41) is 13.8. The Morgan fingerprint density at radius 2 is 1.48 bits per heavy atom. The molecule has 0 aliphatic heterocycles. The van der Waals surface area contributed by atoms with Crippen LogP contribution in [0.3, 0.4) is 0 Å². The van der Waals surface area contributed by atoms with Crippen LogP contribution in [0.5, 0.6) is 5.75 Å². The van der Waals surface area contributed by atoms with E-state index in [0.29, 0.717) is 11.3 Å². The molecule has 3 aromatic rings. The number of nitrogens with zero attached hydrogens (tertiary/aromatic N) is 1. The number of hydrogen-bond acceptors (Lipinski definition) is 3. The van der Waals surface area contributed by atoms with Crippen LogP contribution in [0, 0.1) is 6.92 Å². The summed E-state index contributed by atoms with van der Waals surface area (Å²) < 4.78 is 0. The van der Waals surface area contributed by atoms with Gasteiger partial charge in [-0.25, -0.2) is 5.43 Å². The second kappa shape index (κ2) is 7.45. The minimum Gasteiger partial charge on any atom is -0.508 e. The Bertz CT molecular complexity index is 901. The van der Waals surface area contributed by atoms with E-state index in [2.05, 4.69) is 10.5 Å². The van der Waals surface area contributed by atoms with E-state index in [1.165, 1.54) is 12.1 Å². The van der Waals surface area contributed by atoms with E-state index in [9.17, 15) is 9.90 Å². The van der Waals surface area contributed by atoms with Crippen molar-refractivity contribution in [3.05, 3.63) is 101 Å². The number of hydrazone groups is 1. The second-order valence-corrected chi connectivity index (χ2v) is 5.68. The molecule has 0 heterocycles. The maximum atomic E-state index is 12.3. The molecule has 0 aliphatic carbocycles. The van der Waals surface area contributed by atoms with Gasteiger partial charge in [-0.1, -0.05) is 66.2 Å². The third kappa shape index (κ3) is 4.12. The molecule has 0 aromatic heterocycles. The van der Waals surface area contributed by atoms with Crippen molar-refractivity contribution >= 4 is 11.6 Å². The van der Waals surface area contributed by atoms with Crippen molar-refractivity contribution in [2.24, 2.45) is 5.10 Å². The predicted molar refractivity (Wildman–Crippen MR) is 98.8 cm³/mol. The van der Waals surface area contributed by atoms with Crippen LogP contribution in [0.25, 0.3) is 0 Å². The first-order chi connectivity index (χ1) is 12.1. The molecule has 0 fully saturated rings. The molecule has 4 nitrogen and oxygen atoms in total. The molecule has 0 unspecified atom stereocenters. The molecule has 25 heavy (non-hydrogen) atoms. The van der Waals surface area contributed by atoms with E-state index in [-0.39, 0.29) is 11.7 Å². The van der Waals surface area contributed by atoms with Crippen molar-refractivity contribution in [2.45, 2.75) is 6.92 Å². The minimum absolute atomic E-state index is 0.0402. The fourth-order valence-electron chi connectivity index (χ4n) is 2.42. The standard InChI is InChI=1S/C21H18N2O2/c1-15-10-12-17(13-11-15)20(16-6-3-2-4-7-16)22-23-21(25)18-8-5-9-19(24)14-18/h2-14,24H,1H3,(H,23,25). The van der Waals surface area contributed by atoms with Gasteiger partial charge < -0.3 is 5.11 Å². The van der Waals surface area contributed by atoms with Crippen molar-refractivity contribution in [2.75, 3.05) is 0 Å². The van der Waals surface area contributed by atoms with E-state index in [0.717, 1.165) is 16.7 Å². The molecule has 124 valence electrons. The number of phenolic OH excluding ortho intramolecular Hbond substituents is 1. The van der Waals surface area contributed by atoms with Gasteiger partial charge in [-0.15, -0.1) is 0 Å². The van der Waals surface area contributed by atoms with Crippen molar-refractivity contribution in [1.29, 1.82) is 0 Å². The number of carbonyl (C=O) groups excluding carboxylic acids is 1. The fourth-order valence-corrected chi connectivity index (χ4v) is 2.42. The minimum atomic E-state index is -0.378. The van der Waals surface area contributed by atoms with Crippen LogP contribution >= 0.6 is 0 Å². The Morgan fingerprint density at radius 3 is 2.16 bits per heavy atom. The summed E-state index contributed by atoms with van der Waals surface area (Å²) in [6.07, 6.45) is 0. The molecule has 0 aliphatic rings. The maximum absolute atomic E-state index is 12.3. The zero-order chi connectivity index (χ0) is 17.6. The summed E-state index contributed by atoms with van der Waals surface area (Å²) >= 11 is 0. The molecule has 0 spiro atoms. The van der Waals surface area contributed by atoms with Crippen molar-refractivity contribution < 1.29 is 9.90 Å². The lowest BCUT2D eigenvalue weighted by molar-refractivity contribution is 0.0954. The molecule has 0 saturated carbocycles. The van der Waals surface area contributed by atoms with Gasteiger partial charge in [0, 0.05) is 16.7 Å². The molecule has 0 radical (unpaired) electrons. The number of hydrogen-bond donors (Lipinski definition) is 2. The molecule has 3 aromatic carbocycles. The summed E-state index contributed by atoms with van der Waals surface area (Å²) in [6, 6.07) is 23.8. The number of carbonyl (C=O) groups is 1. The monoisotopic (exact) mass is 330 g/mol. The quantitative estimate of drug-likeness (QED) is 0.563. The maximum Gasteiger partial charge on any atom is 0.271 e. The Morgan fingerprint density at radius 1 is 0.840 bits per heavy atom. The lowest BCUT2D eigenvalue weighted by Gasteiger charge is -2.08. The fraction of sp³-hybridized carbons (Fsp3) is 0.0476. The molecule has 4 heteroatoms. The number of phenols is 1. The van der Waals surface area contributed by atoms with E-state index >= 15 is 0 Å². The first-order valence-electron chi connectivity index (χ1n) is 7.93. The van der Waals surface area contributed by atoms with Crippen molar-refractivity contribution in [1.82, 2.24) is 5.43 Å². The zero-order valence-electron chi connectivity index (χ0n) is 13.8. The normalized spacial score (nSPS) is 11.2. The largest absolute Gasteiger partial charge is 0.508 e. The molecule has 0 saturated heterocycles. The Hall–Kier alpha value is -3.40. The highest BCUT2D eigenvalue weighted by atomic mass is 16.3. The molecule has 1 amide bonds. The van der Waals surface area contributed by atoms with Crippen LogP contribution in [0.15, 0.2) is 84.0 Å². The van der Waals surface area contributed by atoms with Crippen LogP contribution in [0.4, 0.5) is 0 Å². The van der Waals surface area contributed by atoms with Gasteiger partial charge in [-0.2, -0.15) is 5.10 Å². The first-order valence-corrected chi connectivity index (χ1v) is 7.93. The predicted octanol–water partition coefficient (Wildman–Crippen LogP) is 3.88. The average molecular weight is 330 g/mol. The van der Waals surface area contributed by atoms with Gasteiger partial charge >= 0.3 is 0 Å². The number of aryl methyl sites for hydroxylation is 1. The molecule has 0 atom stereocenters. The van der Waals surface area contributed by atoms with E-state index < -0.39 is 0 Å². The highest BCUT2D eigenvalue weighted by Crippen LogP contribution is 2.13. The molecule has 3 rings (SSSR count). The number of amides is 1. The van der Waals surface area contributed by atoms with E-state index in [1.807, 2.05) is 61.5 Å². The Balaban J connectivity index is 1.93. The third-order valence-corrected chi connectivity index (χ3v) is 3.75. The summed E-state index contributed by atoms with van der Waals surface area (Å²) in [4.78, 5) is 12.3. The van der Waals surface area contributed by atoms with Gasteiger partial charge in [-0.3, -0.25) is 4.79 Å². The smallest absolute Gasteiger partial charge is 0.271 e. The van der Waals surface area contributed by atoms with Crippen LogP contribution in [-0.4, -0.2) is 16.7 Å². The van der Waals surface area contributed by atoms with Crippen LogP contribution in [0.1, 0.15) is 27.0 Å². The van der Waals surface area contributed by atoms with Gasteiger partial charge in [-0.05, 0) is 25.1 Å². The van der Waals surface area contributed by atoms with Crippen LogP contribution in [-0.2, 0) is 0 Å². The van der Waals surface area contributed by atoms with Gasteiger partial charge in [0.2, 0.25) is 0 Å². The Kier molecular flexibility index (Phi) is 4.90. The van der Waals surface area contributed by atoms with Gasteiger partial charge in [0.25, 0.3) is 5.91 Å². The summed E-state index contributed by atoms with van der Waals surface area (Å²) in [5.74, 6) is -0.338. The van der Waals surface area contributed by atoms with Crippen LogP contribution in [0.2, 0.25) is 0 Å². The number of rotatable bonds is 4. The molecular weight excluding hydrogens is 312 g/mol. The molecule has 0 bridgehead atoms. The number of aromatic hydroxyl groups is 1. The highest BCUT2D eigenvalue weighted by molar-refractivity contribution is 6.13. The van der Waals surface area contributed by atoms with Gasteiger partial charge in [0.1, 0.15) is 5.75 Å². The first kappa shape index (κ1) is 16.5. The lowest BCUT2D eigenvalue weighted by atomic mass is 10.0. The van der Waals surface area contributed by atoms with E-state index in [1.54, 1.807) is 12.1 Å². The molecule has 2 N–H and O–H groups in total. The van der Waals surface area contributed by atoms with Crippen LogP contribution < -0.4 is 5.43 Å². The van der Waals surface area contributed by atoms with Gasteiger partial charge in [0.05, 0.1) is 5.71 Å². The summed E-state index contributed by atoms with van der Waals surface area (Å²) in [7, 11) is 0. The second-order valence-electron chi connectivity index (χ2n) is 5.68. The number of benzene rings is 3. The molecular formula is C21H18N2O2. The highest BCUT2D eigenvalue weighted by Gasteiger charge is 2.09. The van der Waals surface area contributed by atoms with Crippen molar-refractivity contribution in [3.8, 4) is 5.75 Å². The average Bonchev–Trinajstić information content (AvgIpc) is 2.64. The summed E-state index contributed by atoms with van der Waals surface area (Å²) in [5.41, 5.74) is 6.57. The topological polar surface area (TPSA) is 61.7 Å². The Labute approximate surface area is 146 Å². The van der Waals surface area contributed by atoms with Gasteiger partial charge in [0.15, 0.2) is 0 Å². The third-order valence-electron chi connectivity index (χ3n) is 3.75. The number of nitrogens with one attached hydrogen (secondary N) is 1. The summed E-state index contributed by atoms with van der Waals surface area (Å²) in [6.45, 7) is 2.02. The lowest BCUT2D eigenvalue weighted by Crippen LogP contribution is -2.20. The zero-order valence-corrected chi connectivity index (χ0v) is 13.8.